The van der Waals surface area contributed by atoms with Gasteiger partial charge in [-0.1, -0.05) is 39.7 Å². The van der Waals surface area contributed by atoms with E-state index in [0.29, 0.717) is 5.15 Å². The van der Waals surface area contributed by atoms with Gasteiger partial charge < -0.3 is 4.98 Å². The Kier molecular flexibility index (Phi) is 2.61. The van der Waals surface area contributed by atoms with Crippen LogP contribution in [0.25, 0.3) is 22.2 Å². The predicted octanol–water partition coefficient (Wildman–Crippen LogP) is 4.04. The molecule has 3 rings (SSSR count). The fourth-order valence-electron chi connectivity index (χ4n) is 1.78. The van der Waals surface area contributed by atoms with E-state index in [0.717, 1.165) is 26.6 Å². The molecule has 3 nitrogen and oxygen atoms in total. The Bertz CT molecular complexity index is 676. The standard InChI is InChI=1S/C12H7BrClN3/c13-8-3-1-7(2-4-8)9-5-15-12-10(9)11(14)16-6-17-12/h1-6H,(H,15,16,17). The molecule has 0 amide bonds. The molecule has 0 radical (unpaired) electrons. The number of nitrogens with zero attached hydrogens (tertiary/aromatic N) is 2. The van der Waals surface area contributed by atoms with E-state index < -0.39 is 0 Å². The maximum absolute atomic E-state index is 6.10. The molecule has 1 aromatic carbocycles. The molecule has 17 heavy (non-hydrogen) atoms. The van der Waals surface area contributed by atoms with Crippen molar-refractivity contribution >= 4 is 38.6 Å². The molecule has 0 saturated heterocycles. The van der Waals surface area contributed by atoms with Crippen LogP contribution in [-0.4, -0.2) is 15.0 Å². The van der Waals surface area contributed by atoms with Crippen LogP contribution in [0.1, 0.15) is 0 Å². The molecule has 5 heteroatoms. The number of aromatic amines is 1. The van der Waals surface area contributed by atoms with Gasteiger partial charge in [-0.2, -0.15) is 0 Å². The summed E-state index contributed by atoms with van der Waals surface area (Å²) in [5.74, 6) is 0. The van der Waals surface area contributed by atoms with E-state index in [2.05, 4.69) is 30.9 Å². The zero-order chi connectivity index (χ0) is 11.8. The molecule has 0 spiro atoms. The van der Waals surface area contributed by atoms with Crippen molar-refractivity contribution in [3.05, 3.63) is 46.4 Å². The van der Waals surface area contributed by atoms with E-state index >= 15 is 0 Å². The molecule has 0 unspecified atom stereocenters. The summed E-state index contributed by atoms with van der Waals surface area (Å²) in [6.45, 7) is 0. The van der Waals surface area contributed by atoms with Gasteiger partial charge in [0.1, 0.15) is 17.1 Å². The minimum absolute atomic E-state index is 0.467. The van der Waals surface area contributed by atoms with Gasteiger partial charge >= 0.3 is 0 Å². The van der Waals surface area contributed by atoms with Gasteiger partial charge in [-0.25, -0.2) is 9.97 Å². The number of fused-ring (bicyclic) bond motifs is 1. The quantitative estimate of drug-likeness (QED) is 0.689. The summed E-state index contributed by atoms with van der Waals surface area (Å²) >= 11 is 9.52. The average Bonchev–Trinajstić information content (AvgIpc) is 2.75. The molecular weight excluding hydrogens is 302 g/mol. The highest BCUT2D eigenvalue weighted by Gasteiger charge is 2.10. The Balaban J connectivity index is 2.27. The largest absolute Gasteiger partial charge is 0.345 e. The third kappa shape index (κ3) is 1.83. The van der Waals surface area contributed by atoms with Gasteiger partial charge in [0.15, 0.2) is 0 Å². The fourth-order valence-corrected chi connectivity index (χ4v) is 2.28. The lowest BCUT2D eigenvalue weighted by Gasteiger charge is -2.00. The second kappa shape index (κ2) is 4.13. The normalized spacial score (nSPS) is 10.9. The Labute approximate surface area is 111 Å². The monoisotopic (exact) mass is 307 g/mol. The number of hydrogen-bond donors (Lipinski definition) is 1. The molecule has 0 atom stereocenters. The molecule has 0 fully saturated rings. The number of benzene rings is 1. The van der Waals surface area contributed by atoms with Crippen molar-refractivity contribution in [2.24, 2.45) is 0 Å². The summed E-state index contributed by atoms with van der Waals surface area (Å²) in [5, 5.41) is 1.32. The van der Waals surface area contributed by atoms with E-state index in [9.17, 15) is 0 Å². The zero-order valence-corrected chi connectivity index (χ0v) is 11.0. The minimum atomic E-state index is 0.467. The number of H-pyrrole nitrogens is 1. The molecule has 2 aromatic heterocycles. The maximum Gasteiger partial charge on any atom is 0.142 e. The first-order valence-electron chi connectivity index (χ1n) is 4.99. The van der Waals surface area contributed by atoms with E-state index in [4.69, 9.17) is 11.6 Å². The van der Waals surface area contributed by atoms with Crippen molar-refractivity contribution in [3.8, 4) is 11.1 Å². The lowest BCUT2D eigenvalue weighted by atomic mass is 10.1. The van der Waals surface area contributed by atoms with Gasteiger partial charge in [0.2, 0.25) is 0 Å². The number of nitrogens with one attached hydrogen (secondary N) is 1. The maximum atomic E-state index is 6.10. The minimum Gasteiger partial charge on any atom is -0.345 e. The molecular formula is C12H7BrClN3. The first-order valence-corrected chi connectivity index (χ1v) is 6.16. The highest BCUT2D eigenvalue weighted by Crippen LogP contribution is 2.31. The van der Waals surface area contributed by atoms with Crippen molar-refractivity contribution < 1.29 is 0 Å². The van der Waals surface area contributed by atoms with Gasteiger partial charge in [0, 0.05) is 16.2 Å². The Morgan fingerprint density at radius 1 is 1.12 bits per heavy atom. The van der Waals surface area contributed by atoms with Crippen LogP contribution in [-0.2, 0) is 0 Å². The summed E-state index contributed by atoms with van der Waals surface area (Å²) in [6, 6.07) is 8.03. The van der Waals surface area contributed by atoms with Gasteiger partial charge in [-0.3, -0.25) is 0 Å². The number of halogens is 2. The van der Waals surface area contributed by atoms with E-state index in [1.54, 1.807) is 0 Å². The molecule has 84 valence electrons. The smallest absolute Gasteiger partial charge is 0.142 e. The number of rotatable bonds is 1. The van der Waals surface area contributed by atoms with Crippen LogP contribution >= 0.6 is 27.5 Å². The fraction of sp³-hybridized carbons (Fsp3) is 0. The second-order valence-corrected chi connectivity index (χ2v) is 4.87. The van der Waals surface area contributed by atoms with Gasteiger partial charge in [0.05, 0.1) is 5.39 Å². The Morgan fingerprint density at radius 3 is 2.65 bits per heavy atom. The molecule has 0 aliphatic rings. The third-order valence-corrected chi connectivity index (χ3v) is 3.39. The van der Waals surface area contributed by atoms with Gasteiger partial charge in [-0.05, 0) is 17.7 Å². The van der Waals surface area contributed by atoms with Crippen molar-refractivity contribution in [2.45, 2.75) is 0 Å². The van der Waals surface area contributed by atoms with Crippen LogP contribution < -0.4 is 0 Å². The predicted molar refractivity (Wildman–Crippen MR) is 72.0 cm³/mol. The summed E-state index contributed by atoms with van der Waals surface area (Å²) in [4.78, 5) is 11.2. The van der Waals surface area contributed by atoms with Crippen LogP contribution in [0.4, 0.5) is 0 Å². The van der Waals surface area contributed by atoms with Crippen LogP contribution in [0.2, 0.25) is 5.15 Å². The van der Waals surface area contributed by atoms with E-state index in [1.165, 1.54) is 6.33 Å². The van der Waals surface area contributed by atoms with Crippen LogP contribution in [0.3, 0.4) is 0 Å². The van der Waals surface area contributed by atoms with E-state index in [-0.39, 0.29) is 0 Å². The SMILES string of the molecule is Clc1ncnc2[nH]cc(-c3ccc(Br)cc3)c12. The second-order valence-electron chi connectivity index (χ2n) is 3.60. The Morgan fingerprint density at radius 2 is 1.88 bits per heavy atom. The summed E-state index contributed by atoms with van der Waals surface area (Å²) in [7, 11) is 0. The summed E-state index contributed by atoms with van der Waals surface area (Å²) < 4.78 is 1.04. The van der Waals surface area contributed by atoms with Crippen molar-refractivity contribution in [1.82, 2.24) is 15.0 Å². The lowest BCUT2D eigenvalue weighted by Crippen LogP contribution is -1.82. The van der Waals surface area contributed by atoms with Crippen molar-refractivity contribution in [3.63, 3.8) is 0 Å². The highest BCUT2D eigenvalue weighted by atomic mass is 79.9. The van der Waals surface area contributed by atoms with Crippen LogP contribution in [0.5, 0.6) is 0 Å². The van der Waals surface area contributed by atoms with Crippen LogP contribution in [0.15, 0.2) is 41.3 Å². The summed E-state index contributed by atoms with van der Waals surface area (Å²) in [6.07, 6.45) is 3.35. The molecule has 0 saturated carbocycles. The average molecular weight is 309 g/mol. The van der Waals surface area contributed by atoms with Crippen molar-refractivity contribution in [2.75, 3.05) is 0 Å². The topological polar surface area (TPSA) is 41.6 Å². The lowest BCUT2D eigenvalue weighted by molar-refractivity contribution is 1.20. The van der Waals surface area contributed by atoms with Crippen molar-refractivity contribution in [1.29, 1.82) is 0 Å². The molecule has 0 aliphatic heterocycles. The van der Waals surface area contributed by atoms with Crippen LogP contribution in [0, 0.1) is 0 Å². The molecule has 0 bridgehead atoms. The molecule has 3 aromatic rings. The third-order valence-electron chi connectivity index (χ3n) is 2.58. The number of aromatic nitrogens is 3. The first kappa shape index (κ1) is 10.7. The zero-order valence-electron chi connectivity index (χ0n) is 8.61. The van der Waals surface area contributed by atoms with Gasteiger partial charge in [0.25, 0.3) is 0 Å². The molecule has 1 N–H and O–H groups in total. The number of hydrogen-bond acceptors (Lipinski definition) is 2. The first-order chi connectivity index (χ1) is 8.25. The van der Waals surface area contributed by atoms with E-state index in [1.807, 2.05) is 30.5 Å². The van der Waals surface area contributed by atoms with Gasteiger partial charge in [-0.15, -0.1) is 0 Å². The Hall–Kier alpha value is -1.39. The summed E-state index contributed by atoms with van der Waals surface area (Å²) in [5.41, 5.74) is 2.84. The molecule has 0 aliphatic carbocycles. The highest BCUT2D eigenvalue weighted by molar-refractivity contribution is 9.10. The molecule has 2 heterocycles.